The molecule has 0 amide bonds. The summed E-state index contributed by atoms with van der Waals surface area (Å²) in [5.41, 5.74) is 0.582. The highest BCUT2D eigenvalue weighted by Crippen LogP contribution is 2.39. The Bertz CT molecular complexity index is 399. The van der Waals surface area contributed by atoms with Gasteiger partial charge in [-0.05, 0) is 25.3 Å². The number of nitrogens with zero attached hydrogens (tertiary/aromatic N) is 2. The van der Waals surface area contributed by atoms with Gasteiger partial charge in [0.15, 0.2) is 5.78 Å². The number of hydrogen-bond acceptors (Lipinski definition) is 3. The van der Waals surface area contributed by atoms with Gasteiger partial charge in [-0.25, -0.2) is 0 Å². The Hall–Kier alpha value is -1.16. The van der Waals surface area contributed by atoms with E-state index >= 15 is 0 Å². The third-order valence-corrected chi connectivity index (χ3v) is 3.41. The summed E-state index contributed by atoms with van der Waals surface area (Å²) in [5, 5.41) is 4.15. The van der Waals surface area contributed by atoms with E-state index in [-0.39, 0.29) is 17.8 Å². The first kappa shape index (κ1) is 9.09. The summed E-state index contributed by atoms with van der Waals surface area (Å²) >= 11 is 0. The molecule has 0 spiro atoms. The Morgan fingerprint density at radius 2 is 2.47 bits per heavy atom. The average Bonchev–Trinajstić information content (AvgIpc) is 2.90. The van der Waals surface area contributed by atoms with Gasteiger partial charge >= 0.3 is 0 Å². The molecule has 3 heterocycles. The monoisotopic (exact) mass is 206 g/mol. The van der Waals surface area contributed by atoms with Crippen LogP contribution in [0.3, 0.4) is 0 Å². The molecule has 2 aliphatic heterocycles. The normalized spacial score (nSPS) is 33.5. The first-order valence-corrected chi connectivity index (χ1v) is 5.43. The minimum Gasteiger partial charge on any atom is -0.374 e. The highest BCUT2D eigenvalue weighted by molar-refractivity contribution is 5.96. The topological polar surface area (TPSA) is 44.1 Å². The quantitative estimate of drug-likeness (QED) is 0.682. The smallest absolute Gasteiger partial charge is 0.188 e. The zero-order valence-electron chi connectivity index (χ0n) is 8.72. The maximum absolute atomic E-state index is 12.1. The van der Waals surface area contributed by atoms with E-state index < -0.39 is 0 Å². The van der Waals surface area contributed by atoms with E-state index in [9.17, 15) is 4.79 Å². The van der Waals surface area contributed by atoms with Gasteiger partial charge < -0.3 is 4.74 Å². The molecule has 0 aromatic carbocycles. The van der Waals surface area contributed by atoms with Crippen LogP contribution in [0.5, 0.6) is 0 Å². The molecule has 0 N–H and O–H groups in total. The largest absolute Gasteiger partial charge is 0.374 e. The maximum atomic E-state index is 12.1. The Morgan fingerprint density at radius 3 is 3.00 bits per heavy atom. The zero-order chi connectivity index (χ0) is 10.4. The summed E-state index contributed by atoms with van der Waals surface area (Å²) < 4.78 is 7.35. The Balaban J connectivity index is 1.81. The highest BCUT2D eigenvalue weighted by Gasteiger charge is 2.44. The van der Waals surface area contributed by atoms with E-state index in [4.69, 9.17) is 4.74 Å². The van der Waals surface area contributed by atoms with Crippen LogP contribution in [0.2, 0.25) is 0 Å². The van der Waals surface area contributed by atoms with Crippen molar-refractivity contribution < 1.29 is 9.53 Å². The number of hydrogen-bond donors (Lipinski definition) is 0. The van der Waals surface area contributed by atoms with Crippen LogP contribution < -0.4 is 0 Å². The Morgan fingerprint density at radius 1 is 1.60 bits per heavy atom. The van der Waals surface area contributed by atoms with E-state index in [1.54, 1.807) is 16.9 Å². The zero-order valence-corrected chi connectivity index (χ0v) is 8.72. The standard InChI is InChI=1S/C11H14N2O2/c1-13-5-4-9(12-13)11(14)8-6-7-2-3-10(8)15-7/h4-5,7-8,10H,2-3,6H2,1H3. The number of Topliss-reactive ketones (excluding diaryl/α,β-unsaturated/α-hetero) is 1. The first-order chi connectivity index (χ1) is 7.24. The van der Waals surface area contributed by atoms with Crippen molar-refractivity contribution in [2.75, 3.05) is 0 Å². The minimum atomic E-state index is 0.0543. The molecule has 3 unspecified atom stereocenters. The predicted molar refractivity (Wildman–Crippen MR) is 53.5 cm³/mol. The molecule has 2 aliphatic rings. The summed E-state index contributed by atoms with van der Waals surface area (Å²) in [6.45, 7) is 0. The van der Waals surface area contributed by atoms with Crippen LogP contribution in [0.4, 0.5) is 0 Å². The highest BCUT2D eigenvalue weighted by atomic mass is 16.5. The van der Waals surface area contributed by atoms with E-state index in [0.29, 0.717) is 11.8 Å². The number of ketones is 1. The summed E-state index contributed by atoms with van der Waals surface area (Å²) in [6.07, 6.45) is 5.34. The fourth-order valence-electron chi connectivity index (χ4n) is 2.65. The van der Waals surface area contributed by atoms with Gasteiger partial charge in [0.1, 0.15) is 5.69 Å². The maximum Gasteiger partial charge on any atom is 0.188 e. The van der Waals surface area contributed by atoms with E-state index in [2.05, 4.69) is 5.10 Å². The summed E-state index contributed by atoms with van der Waals surface area (Å²) in [6, 6.07) is 1.79. The Kier molecular flexibility index (Phi) is 1.92. The van der Waals surface area contributed by atoms with Crippen LogP contribution in [0.15, 0.2) is 12.3 Å². The number of aromatic nitrogens is 2. The summed E-state index contributed by atoms with van der Waals surface area (Å²) in [7, 11) is 1.83. The van der Waals surface area contributed by atoms with Crippen LogP contribution in [0.1, 0.15) is 29.8 Å². The van der Waals surface area contributed by atoms with Crippen LogP contribution >= 0.6 is 0 Å². The molecule has 0 radical (unpaired) electrons. The molecule has 15 heavy (non-hydrogen) atoms. The van der Waals surface area contributed by atoms with Crippen molar-refractivity contribution in [1.82, 2.24) is 9.78 Å². The second-order valence-electron chi connectivity index (χ2n) is 4.45. The third-order valence-electron chi connectivity index (χ3n) is 3.41. The van der Waals surface area contributed by atoms with Crippen molar-refractivity contribution in [3.8, 4) is 0 Å². The Labute approximate surface area is 88.2 Å². The van der Waals surface area contributed by atoms with Crippen LogP contribution in [0, 0.1) is 5.92 Å². The number of carbonyl (C=O) groups excluding carboxylic acids is 1. The second kappa shape index (κ2) is 3.17. The lowest BCUT2D eigenvalue weighted by Crippen LogP contribution is -2.25. The van der Waals surface area contributed by atoms with Gasteiger partial charge in [-0.2, -0.15) is 5.10 Å². The van der Waals surface area contributed by atoms with Crippen LogP contribution in [-0.4, -0.2) is 27.8 Å². The molecule has 0 aliphatic carbocycles. The molecule has 2 fully saturated rings. The number of carbonyl (C=O) groups is 1. The summed E-state index contributed by atoms with van der Waals surface area (Å²) in [4.78, 5) is 12.1. The molecule has 2 bridgehead atoms. The molecular formula is C11H14N2O2. The molecule has 3 atom stereocenters. The lowest BCUT2D eigenvalue weighted by atomic mass is 9.85. The van der Waals surface area contributed by atoms with E-state index in [0.717, 1.165) is 19.3 Å². The molecule has 1 aromatic rings. The van der Waals surface area contributed by atoms with Gasteiger partial charge in [0, 0.05) is 13.2 Å². The molecule has 4 nitrogen and oxygen atoms in total. The first-order valence-electron chi connectivity index (χ1n) is 5.43. The molecule has 80 valence electrons. The van der Waals surface area contributed by atoms with Gasteiger partial charge in [0.05, 0.1) is 18.1 Å². The number of rotatable bonds is 2. The number of fused-ring (bicyclic) bond motifs is 2. The summed E-state index contributed by atoms with van der Waals surface area (Å²) in [5.74, 6) is 0.210. The van der Waals surface area contributed by atoms with Gasteiger partial charge in [-0.1, -0.05) is 0 Å². The SMILES string of the molecule is Cn1ccc(C(=O)C2CC3CCC2O3)n1. The minimum absolute atomic E-state index is 0.0543. The van der Waals surface area contributed by atoms with Crippen molar-refractivity contribution in [3.63, 3.8) is 0 Å². The number of aryl methyl sites for hydroxylation is 1. The lowest BCUT2D eigenvalue weighted by molar-refractivity contribution is 0.0739. The fraction of sp³-hybridized carbons (Fsp3) is 0.636. The van der Waals surface area contributed by atoms with Gasteiger partial charge in [0.2, 0.25) is 0 Å². The molecular weight excluding hydrogens is 192 g/mol. The number of ether oxygens (including phenoxy) is 1. The fourth-order valence-corrected chi connectivity index (χ4v) is 2.65. The van der Waals surface area contributed by atoms with Crippen molar-refractivity contribution in [3.05, 3.63) is 18.0 Å². The molecule has 1 aromatic heterocycles. The van der Waals surface area contributed by atoms with Crippen LogP contribution in [0.25, 0.3) is 0 Å². The lowest BCUT2D eigenvalue weighted by Gasteiger charge is -2.15. The van der Waals surface area contributed by atoms with Gasteiger partial charge in [-0.15, -0.1) is 0 Å². The average molecular weight is 206 g/mol. The van der Waals surface area contributed by atoms with E-state index in [1.807, 2.05) is 7.05 Å². The van der Waals surface area contributed by atoms with Gasteiger partial charge in [0.25, 0.3) is 0 Å². The molecule has 4 heteroatoms. The predicted octanol–water partition coefficient (Wildman–Crippen LogP) is 1.17. The van der Waals surface area contributed by atoms with E-state index in [1.165, 1.54) is 0 Å². The second-order valence-corrected chi connectivity index (χ2v) is 4.45. The molecule has 2 saturated heterocycles. The molecule has 3 rings (SSSR count). The van der Waals surface area contributed by atoms with Crippen molar-refractivity contribution >= 4 is 5.78 Å². The molecule has 0 saturated carbocycles. The van der Waals surface area contributed by atoms with Crippen molar-refractivity contribution in [1.29, 1.82) is 0 Å². The van der Waals surface area contributed by atoms with Crippen LogP contribution in [-0.2, 0) is 11.8 Å². The van der Waals surface area contributed by atoms with Gasteiger partial charge in [-0.3, -0.25) is 9.48 Å². The van der Waals surface area contributed by atoms with Crippen molar-refractivity contribution in [2.24, 2.45) is 13.0 Å². The van der Waals surface area contributed by atoms with Crippen molar-refractivity contribution in [2.45, 2.75) is 31.5 Å². The third kappa shape index (κ3) is 1.40.